The topological polar surface area (TPSA) is 89.2 Å². The summed E-state index contributed by atoms with van der Waals surface area (Å²) in [5.74, 6) is 2.34. The zero-order chi connectivity index (χ0) is 12.5. The molecule has 0 spiro atoms. The van der Waals surface area contributed by atoms with E-state index in [1.165, 1.54) is 6.26 Å². The Balaban J connectivity index is 2.31. The van der Waals surface area contributed by atoms with Gasteiger partial charge in [-0.2, -0.15) is 11.8 Å². The van der Waals surface area contributed by atoms with Crippen molar-refractivity contribution < 1.29 is 8.42 Å². The highest BCUT2D eigenvalue weighted by Gasteiger charge is 2.31. The van der Waals surface area contributed by atoms with E-state index in [9.17, 15) is 8.42 Å². The average molecular weight is 274 g/mol. The van der Waals surface area contributed by atoms with Gasteiger partial charge in [-0.3, -0.25) is 0 Å². The molecule has 2 N–H and O–H groups in total. The second-order valence-corrected chi connectivity index (χ2v) is 7.22. The first-order chi connectivity index (χ1) is 7.98. The van der Waals surface area contributed by atoms with Crippen molar-refractivity contribution in [3.05, 3.63) is 12.1 Å². The van der Waals surface area contributed by atoms with Crippen LogP contribution in [-0.2, 0) is 9.84 Å². The van der Waals surface area contributed by atoms with Crippen LogP contribution in [-0.4, -0.2) is 48.3 Å². The molecule has 17 heavy (non-hydrogen) atoms. The number of rotatable bonds is 2. The normalized spacial score (nSPS) is 21.5. The van der Waals surface area contributed by atoms with Crippen molar-refractivity contribution in [3.8, 4) is 0 Å². The van der Waals surface area contributed by atoms with E-state index in [-0.39, 0.29) is 0 Å². The summed E-state index contributed by atoms with van der Waals surface area (Å²) in [5.41, 5.74) is 5.46. The second-order valence-electron chi connectivity index (χ2n) is 3.87. The fourth-order valence-corrected chi connectivity index (χ4v) is 4.51. The van der Waals surface area contributed by atoms with Crippen molar-refractivity contribution in [3.63, 3.8) is 0 Å². The summed E-state index contributed by atoms with van der Waals surface area (Å²) in [6.45, 7) is 0.654. The monoisotopic (exact) mass is 274 g/mol. The number of nitrogens with two attached hydrogens (primary N) is 1. The lowest BCUT2D eigenvalue weighted by atomic mass is 10.4. The van der Waals surface area contributed by atoms with Gasteiger partial charge in [0.1, 0.15) is 11.2 Å². The molecule has 94 valence electrons. The summed E-state index contributed by atoms with van der Waals surface area (Å²) in [4.78, 5) is 1.78. The third-order valence-electron chi connectivity index (χ3n) is 2.54. The summed E-state index contributed by atoms with van der Waals surface area (Å²) in [7, 11) is -3.13. The van der Waals surface area contributed by atoms with Gasteiger partial charge in [0, 0.05) is 24.3 Å². The molecule has 0 radical (unpaired) electrons. The van der Waals surface area contributed by atoms with Crippen LogP contribution in [0.3, 0.4) is 0 Å². The largest absolute Gasteiger partial charge is 0.382 e. The molecule has 2 heterocycles. The summed E-state index contributed by atoms with van der Waals surface area (Å²) < 4.78 is 23.4. The molecule has 8 heteroatoms. The Bertz CT molecular complexity index is 488. The Kier molecular flexibility index (Phi) is 3.43. The van der Waals surface area contributed by atoms with Gasteiger partial charge in [-0.05, 0) is 12.1 Å². The number of thioether (sulfide) groups is 1. The number of hydrogen-bond donors (Lipinski definition) is 1. The van der Waals surface area contributed by atoms with Crippen molar-refractivity contribution in [2.75, 3.05) is 34.9 Å². The maximum Gasteiger partial charge on any atom is 0.169 e. The molecule has 0 aromatic carbocycles. The van der Waals surface area contributed by atoms with Crippen molar-refractivity contribution in [1.29, 1.82) is 0 Å². The van der Waals surface area contributed by atoms with Crippen LogP contribution < -0.4 is 10.6 Å². The van der Waals surface area contributed by atoms with Crippen LogP contribution in [0.5, 0.6) is 0 Å². The number of nitrogen functional groups attached to an aromatic ring is 1. The minimum atomic E-state index is -3.13. The lowest BCUT2D eigenvalue weighted by molar-refractivity contribution is 0.583. The van der Waals surface area contributed by atoms with E-state index < -0.39 is 15.2 Å². The summed E-state index contributed by atoms with van der Waals surface area (Å²) >= 11 is 1.64. The van der Waals surface area contributed by atoms with Crippen LogP contribution in [0, 0.1) is 0 Å². The van der Waals surface area contributed by atoms with E-state index in [1.54, 1.807) is 28.8 Å². The van der Waals surface area contributed by atoms with E-state index in [2.05, 4.69) is 10.2 Å². The molecule has 1 unspecified atom stereocenters. The number of anilines is 2. The van der Waals surface area contributed by atoms with E-state index in [0.29, 0.717) is 23.9 Å². The molecule has 1 aliphatic heterocycles. The van der Waals surface area contributed by atoms with Gasteiger partial charge >= 0.3 is 0 Å². The van der Waals surface area contributed by atoms with Crippen molar-refractivity contribution >= 4 is 33.2 Å². The van der Waals surface area contributed by atoms with Crippen LogP contribution >= 0.6 is 11.8 Å². The zero-order valence-electron chi connectivity index (χ0n) is 9.41. The molecule has 1 aromatic rings. The first kappa shape index (κ1) is 12.4. The van der Waals surface area contributed by atoms with E-state index in [4.69, 9.17) is 5.73 Å². The smallest absolute Gasteiger partial charge is 0.169 e. The van der Waals surface area contributed by atoms with Gasteiger partial charge in [-0.25, -0.2) is 8.42 Å². The standard InChI is InChI=1S/C9H14N4O2S2/c1-17(14,15)9-6-16-5-4-13(9)8-3-2-7(10)11-12-8/h2-3,9H,4-6H2,1H3,(H2,10,11). The van der Waals surface area contributed by atoms with Crippen LogP contribution in [0.15, 0.2) is 12.1 Å². The molecule has 1 aliphatic rings. The maximum atomic E-state index is 11.7. The minimum absolute atomic E-state index is 0.330. The highest BCUT2D eigenvalue weighted by atomic mass is 32.2. The maximum absolute atomic E-state index is 11.7. The van der Waals surface area contributed by atoms with Gasteiger partial charge < -0.3 is 10.6 Å². The summed E-state index contributed by atoms with van der Waals surface area (Å²) in [5, 5.41) is 7.17. The van der Waals surface area contributed by atoms with E-state index in [0.717, 1.165) is 5.75 Å². The van der Waals surface area contributed by atoms with Crippen molar-refractivity contribution in [2.45, 2.75) is 5.37 Å². The summed E-state index contributed by atoms with van der Waals surface area (Å²) in [6.07, 6.45) is 1.25. The van der Waals surface area contributed by atoms with Crippen molar-refractivity contribution in [1.82, 2.24) is 10.2 Å². The van der Waals surface area contributed by atoms with E-state index in [1.807, 2.05) is 0 Å². The third-order valence-corrected chi connectivity index (χ3v) is 5.19. The Morgan fingerprint density at radius 1 is 1.47 bits per heavy atom. The Hall–Kier alpha value is -1.02. The molecule has 1 aromatic heterocycles. The molecule has 0 saturated carbocycles. The lowest BCUT2D eigenvalue weighted by Gasteiger charge is -2.34. The predicted molar refractivity (Wildman–Crippen MR) is 69.7 cm³/mol. The molecule has 1 fully saturated rings. The van der Waals surface area contributed by atoms with Crippen LogP contribution in [0.1, 0.15) is 0 Å². The highest BCUT2D eigenvalue weighted by Crippen LogP contribution is 2.24. The van der Waals surface area contributed by atoms with Gasteiger partial charge in [-0.1, -0.05) is 0 Å². The number of nitrogens with zero attached hydrogens (tertiary/aromatic N) is 3. The molecule has 0 amide bonds. The SMILES string of the molecule is CS(=O)(=O)C1CSCCN1c1ccc(N)nn1. The number of hydrogen-bond acceptors (Lipinski definition) is 7. The predicted octanol–water partition coefficient (Wildman–Crippen LogP) is -0.0173. The first-order valence-corrected chi connectivity index (χ1v) is 8.22. The number of aromatic nitrogens is 2. The van der Waals surface area contributed by atoms with Gasteiger partial charge in [-0.15, -0.1) is 10.2 Å². The molecule has 0 bridgehead atoms. The molecular formula is C9H14N4O2S2. The van der Waals surface area contributed by atoms with Gasteiger partial charge in [0.25, 0.3) is 0 Å². The molecule has 1 atom stereocenters. The fourth-order valence-electron chi connectivity index (χ4n) is 1.69. The Morgan fingerprint density at radius 2 is 2.24 bits per heavy atom. The van der Waals surface area contributed by atoms with Crippen molar-refractivity contribution in [2.24, 2.45) is 0 Å². The molecule has 2 rings (SSSR count). The van der Waals surface area contributed by atoms with Gasteiger partial charge in [0.2, 0.25) is 0 Å². The molecule has 1 saturated heterocycles. The van der Waals surface area contributed by atoms with Gasteiger partial charge in [0.05, 0.1) is 0 Å². The lowest BCUT2D eigenvalue weighted by Crippen LogP contribution is -2.47. The fraction of sp³-hybridized carbons (Fsp3) is 0.556. The molecular weight excluding hydrogens is 260 g/mol. The first-order valence-electron chi connectivity index (χ1n) is 5.11. The quantitative estimate of drug-likeness (QED) is 0.810. The average Bonchev–Trinajstić information content (AvgIpc) is 2.29. The van der Waals surface area contributed by atoms with E-state index >= 15 is 0 Å². The van der Waals surface area contributed by atoms with Crippen LogP contribution in [0.25, 0.3) is 0 Å². The van der Waals surface area contributed by atoms with Crippen LogP contribution in [0.4, 0.5) is 11.6 Å². The minimum Gasteiger partial charge on any atom is -0.382 e. The highest BCUT2D eigenvalue weighted by molar-refractivity contribution is 8.01. The number of sulfone groups is 1. The Labute approximate surface area is 105 Å². The third kappa shape index (κ3) is 2.81. The molecule has 6 nitrogen and oxygen atoms in total. The second kappa shape index (κ2) is 4.69. The Morgan fingerprint density at radius 3 is 2.82 bits per heavy atom. The van der Waals surface area contributed by atoms with Crippen LogP contribution in [0.2, 0.25) is 0 Å². The zero-order valence-corrected chi connectivity index (χ0v) is 11.0. The van der Waals surface area contributed by atoms with Gasteiger partial charge in [0.15, 0.2) is 15.7 Å². The summed E-state index contributed by atoms with van der Waals surface area (Å²) in [6, 6.07) is 3.33. The molecule has 0 aliphatic carbocycles.